The SMILES string of the molecule is Cc1ccc(S(=O)(=O)CCNC(=O)c2cccc3c2CN(CCC(C)C)CC(=O)NCCCCCO3)cc1. The quantitative estimate of drug-likeness (QED) is 0.526. The number of hydrogen-bond acceptors (Lipinski definition) is 6. The molecule has 208 valence electrons. The second kappa shape index (κ2) is 14.3. The van der Waals surface area contributed by atoms with Crippen LogP contribution in [-0.2, 0) is 21.2 Å². The lowest BCUT2D eigenvalue weighted by Crippen LogP contribution is -2.38. The summed E-state index contributed by atoms with van der Waals surface area (Å²) < 4.78 is 31.6. The van der Waals surface area contributed by atoms with Gasteiger partial charge in [0, 0.05) is 30.8 Å². The number of carbonyl (C=O) groups excluding carboxylic acids is 2. The van der Waals surface area contributed by atoms with Crippen molar-refractivity contribution in [1.82, 2.24) is 15.5 Å². The molecular formula is C29H41N3O5S. The first-order valence-electron chi connectivity index (χ1n) is 13.5. The van der Waals surface area contributed by atoms with Crippen molar-refractivity contribution in [1.29, 1.82) is 0 Å². The molecule has 2 amide bonds. The van der Waals surface area contributed by atoms with E-state index in [-0.39, 0.29) is 35.6 Å². The fraction of sp³-hybridized carbons (Fsp3) is 0.517. The molecule has 2 N–H and O–H groups in total. The Bertz CT molecular complexity index is 1180. The van der Waals surface area contributed by atoms with Crippen LogP contribution in [0, 0.1) is 12.8 Å². The molecule has 0 saturated carbocycles. The van der Waals surface area contributed by atoms with Gasteiger partial charge in [0.05, 0.1) is 23.8 Å². The largest absolute Gasteiger partial charge is 0.493 e. The molecule has 38 heavy (non-hydrogen) atoms. The van der Waals surface area contributed by atoms with Crippen molar-refractivity contribution in [2.75, 3.05) is 38.5 Å². The molecular weight excluding hydrogens is 502 g/mol. The lowest BCUT2D eigenvalue weighted by molar-refractivity contribution is -0.122. The third-order valence-electron chi connectivity index (χ3n) is 6.59. The fourth-order valence-electron chi connectivity index (χ4n) is 4.29. The number of nitrogens with zero attached hydrogens (tertiary/aromatic N) is 1. The number of fused-ring (bicyclic) bond motifs is 1. The Balaban J connectivity index is 1.79. The van der Waals surface area contributed by atoms with Gasteiger partial charge in [-0.2, -0.15) is 0 Å². The second-order valence-electron chi connectivity index (χ2n) is 10.3. The molecule has 2 aromatic carbocycles. The highest BCUT2D eigenvalue weighted by Crippen LogP contribution is 2.26. The van der Waals surface area contributed by atoms with Crippen LogP contribution in [0.2, 0.25) is 0 Å². The number of benzene rings is 2. The van der Waals surface area contributed by atoms with Gasteiger partial charge in [0.25, 0.3) is 5.91 Å². The molecule has 0 unspecified atom stereocenters. The van der Waals surface area contributed by atoms with E-state index in [0.717, 1.165) is 31.2 Å². The number of sulfone groups is 1. The number of carbonyl (C=O) groups is 2. The van der Waals surface area contributed by atoms with E-state index >= 15 is 0 Å². The van der Waals surface area contributed by atoms with Crippen molar-refractivity contribution in [2.24, 2.45) is 5.92 Å². The van der Waals surface area contributed by atoms with Crippen LogP contribution >= 0.6 is 0 Å². The summed E-state index contributed by atoms with van der Waals surface area (Å²) in [5.74, 6) is 0.501. The van der Waals surface area contributed by atoms with Crippen molar-refractivity contribution in [3.63, 3.8) is 0 Å². The number of nitrogens with one attached hydrogen (secondary N) is 2. The summed E-state index contributed by atoms with van der Waals surface area (Å²) in [5.41, 5.74) is 2.12. The average molecular weight is 544 g/mol. The van der Waals surface area contributed by atoms with Crippen molar-refractivity contribution < 1.29 is 22.7 Å². The van der Waals surface area contributed by atoms with Crippen LogP contribution < -0.4 is 15.4 Å². The number of amides is 2. The Morgan fingerprint density at radius 3 is 2.58 bits per heavy atom. The van der Waals surface area contributed by atoms with Crippen LogP contribution in [0.15, 0.2) is 47.4 Å². The van der Waals surface area contributed by atoms with E-state index in [9.17, 15) is 18.0 Å². The minimum Gasteiger partial charge on any atom is -0.493 e. The Morgan fingerprint density at radius 2 is 1.84 bits per heavy atom. The Morgan fingerprint density at radius 1 is 1.08 bits per heavy atom. The maximum atomic E-state index is 13.3. The van der Waals surface area contributed by atoms with Crippen LogP contribution in [0.1, 0.15) is 61.0 Å². The molecule has 3 rings (SSSR count). The van der Waals surface area contributed by atoms with Gasteiger partial charge in [-0.05, 0) is 69.3 Å². The van der Waals surface area contributed by atoms with Crippen molar-refractivity contribution in [2.45, 2.75) is 57.9 Å². The van der Waals surface area contributed by atoms with E-state index in [0.29, 0.717) is 49.0 Å². The van der Waals surface area contributed by atoms with E-state index in [1.807, 2.05) is 17.9 Å². The summed E-state index contributed by atoms with van der Waals surface area (Å²) in [6, 6.07) is 12.1. The lowest BCUT2D eigenvalue weighted by atomic mass is 10.0. The van der Waals surface area contributed by atoms with Gasteiger partial charge < -0.3 is 15.4 Å². The molecule has 0 saturated heterocycles. The molecule has 8 nitrogen and oxygen atoms in total. The third-order valence-corrected chi connectivity index (χ3v) is 8.32. The smallest absolute Gasteiger partial charge is 0.251 e. The zero-order valence-electron chi connectivity index (χ0n) is 22.8. The van der Waals surface area contributed by atoms with Gasteiger partial charge in [0.2, 0.25) is 5.91 Å². The minimum absolute atomic E-state index is 0.0148. The molecule has 1 heterocycles. The van der Waals surface area contributed by atoms with Gasteiger partial charge in [-0.25, -0.2) is 8.42 Å². The zero-order valence-corrected chi connectivity index (χ0v) is 23.6. The first-order valence-corrected chi connectivity index (χ1v) is 15.1. The molecule has 0 bridgehead atoms. The molecule has 0 aliphatic carbocycles. The van der Waals surface area contributed by atoms with Crippen molar-refractivity contribution in [3.05, 3.63) is 59.2 Å². The maximum absolute atomic E-state index is 13.3. The minimum atomic E-state index is -3.53. The van der Waals surface area contributed by atoms with Gasteiger partial charge in [-0.15, -0.1) is 0 Å². The summed E-state index contributed by atoms with van der Waals surface area (Å²) in [7, 11) is -3.53. The standard InChI is InChI=1S/C29H41N3O5S/c1-22(2)14-17-32-20-26-25(8-7-9-27(26)37-18-6-4-5-15-30-28(33)21-32)29(34)31-16-19-38(35,36)24-12-10-23(3)11-13-24/h7-13,22H,4-6,14-21H2,1-3H3,(H,30,33)(H,31,34). The molecule has 1 aliphatic rings. The van der Waals surface area contributed by atoms with E-state index in [4.69, 9.17) is 4.74 Å². The molecule has 0 spiro atoms. The normalized spacial score (nSPS) is 15.8. The monoisotopic (exact) mass is 543 g/mol. The molecule has 0 aromatic heterocycles. The van der Waals surface area contributed by atoms with Gasteiger partial charge in [0.15, 0.2) is 9.84 Å². The first kappa shape index (κ1) is 29.6. The van der Waals surface area contributed by atoms with Gasteiger partial charge in [-0.1, -0.05) is 37.6 Å². The molecule has 0 fully saturated rings. The summed E-state index contributed by atoms with van der Waals surface area (Å²) in [6.07, 6.45) is 3.58. The topological polar surface area (TPSA) is 105 Å². The molecule has 1 aliphatic heterocycles. The predicted molar refractivity (Wildman–Crippen MR) is 149 cm³/mol. The predicted octanol–water partition coefficient (Wildman–Crippen LogP) is 3.73. The molecule has 9 heteroatoms. The zero-order chi connectivity index (χ0) is 27.5. The van der Waals surface area contributed by atoms with Gasteiger partial charge in [0.1, 0.15) is 5.75 Å². The van der Waals surface area contributed by atoms with E-state index in [1.54, 1.807) is 36.4 Å². The van der Waals surface area contributed by atoms with Crippen molar-refractivity contribution in [3.8, 4) is 5.75 Å². The summed E-state index contributed by atoms with van der Waals surface area (Å²) in [6.45, 7) is 8.64. The highest BCUT2D eigenvalue weighted by molar-refractivity contribution is 7.91. The maximum Gasteiger partial charge on any atom is 0.251 e. The van der Waals surface area contributed by atoms with Gasteiger partial charge >= 0.3 is 0 Å². The van der Waals surface area contributed by atoms with Crippen LogP contribution in [0.25, 0.3) is 0 Å². The van der Waals surface area contributed by atoms with Crippen LogP contribution in [0.5, 0.6) is 5.75 Å². The summed E-state index contributed by atoms with van der Waals surface area (Å²) in [5, 5.41) is 5.79. The van der Waals surface area contributed by atoms with Gasteiger partial charge in [-0.3, -0.25) is 14.5 Å². The van der Waals surface area contributed by atoms with Crippen LogP contribution in [-0.4, -0.2) is 63.7 Å². The van der Waals surface area contributed by atoms with E-state index < -0.39 is 9.84 Å². The average Bonchev–Trinajstić information content (AvgIpc) is 2.88. The number of aryl methyl sites for hydroxylation is 1. The highest BCUT2D eigenvalue weighted by Gasteiger charge is 2.22. The number of hydrogen-bond donors (Lipinski definition) is 2. The molecule has 2 aromatic rings. The summed E-state index contributed by atoms with van der Waals surface area (Å²) in [4.78, 5) is 28.2. The third kappa shape index (κ3) is 9.13. The molecule has 0 radical (unpaired) electrons. The highest BCUT2D eigenvalue weighted by atomic mass is 32.2. The lowest BCUT2D eigenvalue weighted by Gasteiger charge is -2.25. The molecule has 0 atom stereocenters. The number of ether oxygens (including phenoxy) is 1. The second-order valence-corrected chi connectivity index (χ2v) is 12.4. The van der Waals surface area contributed by atoms with Crippen LogP contribution in [0.3, 0.4) is 0 Å². The van der Waals surface area contributed by atoms with Crippen LogP contribution in [0.4, 0.5) is 0 Å². The van der Waals surface area contributed by atoms with E-state index in [1.165, 1.54) is 0 Å². The Hall–Kier alpha value is -2.91. The fourth-order valence-corrected chi connectivity index (χ4v) is 5.44. The van der Waals surface area contributed by atoms with Crippen molar-refractivity contribution >= 4 is 21.7 Å². The van der Waals surface area contributed by atoms with E-state index in [2.05, 4.69) is 24.5 Å². The Kier molecular flexibility index (Phi) is 11.2. The first-order chi connectivity index (χ1) is 18.2. The number of rotatable bonds is 8. The summed E-state index contributed by atoms with van der Waals surface area (Å²) >= 11 is 0. The Labute approximate surface area is 227 Å².